The number of rotatable bonds is 11. The molecule has 1 amide bonds. The van der Waals surface area contributed by atoms with Crippen molar-refractivity contribution in [3.63, 3.8) is 0 Å². The number of hydrogen-bond donors (Lipinski definition) is 1. The van der Waals surface area contributed by atoms with Gasteiger partial charge in [0.15, 0.2) is 0 Å². The molecule has 0 spiro atoms. The molecule has 3 aromatic carbocycles. The standard InChI is InChI=1S/C35H39N5O3/c1-7-40-31-17-16-30(24(3)33(31)38-39-40)32(35(4,5)34(41)37-28-9-8-18-36-20-28)26-13-10-23(2)27(19-26)22-43-21-25-11-14-29(42-6)15-12-25/h8-20,32H,7,21-22H2,1-6H3,(H,37,41). The number of pyridine rings is 1. The number of amides is 1. The van der Waals surface area contributed by atoms with E-state index in [9.17, 15) is 4.79 Å². The number of carbonyl (C=O) groups is 1. The summed E-state index contributed by atoms with van der Waals surface area (Å²) < 4.78 is 13.3. The number of nitrogens with zero attached hydrogens (tertiary/aromatic N) is 4. The number of aromatic nitrogens is 4. The molecule has 43 heavy (non-hydrogen) atoms. The average molecular weight is 578 g/mol. The van der Waals surface area contributed by atoms with Gasteiger partial charge in [-0.15, -0.1) is 5.10 Å². The highest BCUT2D eigenvalue weighted by molar-refractivity contribution is 5.96. The number of nitrogens with one attached hydrogen (secondary N) is 1. The number of ether oxygens (including phenoxy) is 2. The smallest absolute Gasteiger partial charge is 0.231 e. The van der Waals surface area contributed by atoms with Gasteiger partial charge in [-0.3, -0.25) is 9.78 Å². The Morgan fingerprint density at radius 3 is 2.51 bits per heavy atom. The van der Waals surface area contributed by atoms with Crippen LogP contribution in [0.5, 0.6) is 5.75 Å². The van der Waals surface area contributed by atoms with Crippen molar-refractivity contribution in [2.45, 2.75) is 60.3 Å². The maximum atomic E-state index is 14.0. The van der Waals surface area contributed by atoms with E-state index in [0.29, 0.717) is 18.9 Å². The lowest BCUT2D eigenvalue weighted by Crippen LogP contribution is -2.37. The van der Waals surface area contributed by atoms with E-state index in [1.54, 1.807) is 19.5 Å². The molecule has 222 valence electrons. The molecule has 0 saturated heterocycles. The van der Waals surface area contributed by atoms with E-state index < -0.39 is 5.41 Å². The third-order valence-corrected chi connectivity index (χ3v) is 8.21. The lowest BCUT2D eigenvalue weighted by atomic mass is 9.69. The summed E-state index contributed by atoms with van der Waals surface area (Å²) >= 11 is 0. The first-order valence-electron chi connectivity index (χ1n) is 14.6. The van der Waals surface area contributed by atoms with Crippen molar-refractivity contribution in [2.75, 3.05) is 12.4 Å². The van der Waals surface area contributed by atoms with Crippen LogP contribution in [0.4, 0.5) is 5.69 Å². The zero-order valence-electron chi connectivity index (χ0n) is 25.7. The Bertz CT molecular complexity index is 1710. The summed E-state index contributed by atoms with van der Waals surface area (Å²) in [7, 11) is 1.66. The van der Waals surface area contributed by atoms with Crippen LogP contribution in [0.1, 0.15) is 60.1 Å². The van der Waals surface area contributed by atoms with Gasteiger partial charge in [-0.25, -0.2) is 4.68 Å². The predicted octanol–water partition coefficient (Wildman–Crippen LogP) is 6.99. The molecule has 0 radical (unpaired) electrons. The van der Waals surface area contributed by atoms with Crippen LogP contribution in [0, 0.1) is 19.3 Å². The minimum Gasteiger partial charge on any atom is -0.497 e. The topological polar surface area (TPSA) is 91.2 Å². The molecule has 0 aliphatic rings. The van der Waals surface area contributed by atoms with Gasteiger partial charge in [-0.1, -0.05) is 55.5 Å². The Morgan fingerprint density at radius 2 is 1.81 bits per heavy atom. The van der Waals surface area contributed by atoms with Gasteiger partial charge in [0.25, 0.3) is 0 Å². The molecule has 8 heteroatoms. The van der Waals surface area contributed by atoms with Crippen LogP contribution in [0.15, 0.2) is 79.1 Å². The Kier molecular flexibility index (Phi) is 8.87. The van der Waals surface area contributed by atoms with E-state index in [-0.39, 0.29) is 11.8 Å². The third kappa shape index (κ3) is 6.29. The van der Waals surface area contributed by atoms with E-state index in [1.165, 1.54) is 0 Å². The van der Waals surface area contributed by atoms with Crippen LogP contribution in [0.2, 0.25) is 0 Å². The molecule has 5 rings (SSSR count). The molecule has 2 heterocycles. The number of hydrogen-bond acceptors (Lipinski definition) is 6. The Balaban J connectivity index is 1.51. The normalized spacial score (nSPS) is 12.3. The van der Waals surface area contributed by atoms with Gasteiger partial charge in [-0.05, 0) is 84.5 Å². The van der Waals surface area contributed by atoms with E-state index in [4.69, 9.17) is 9.47 Å². The number of carbonyl (C=O) groups excluding carboxylic acids is 1. The van der Waals surface area contributed by atoms with Crippen molar-refractivity contribution in [3.8, 4) is 5.75 Å². The number of methoxy groups -OCH3 is 1. The van der Waals surface area contributed by atoms with E-state index in [1.807, 2.05) is 54.9 Å². The Morgan fingerprint density at radius 1 is 1.02 bits per heavy atom. The Labute approximate surface area is 253 Å². The van der Waals surface area contributed by atoms with Gasteiger partial charge in [-0.2, -0.15) is 0 Å². The maximum absolute atomic E-state index is 14.0. The van der Waals surface area contributed by atoms with Gasteiger partial charge in [0, 0.05) is 18.7 Å². The molecular formula is C35H39N5O3. The minimum absolute atomic E-state index is 0.0971. The van der Waals surface area contributed by atoms with E-state index in [2.05, 4.69) is 71.7 Å². The predicted molar refractivity (Wildman–Crippen MR) is 169 cm³/mol. The van der Waals surface area contributed by atoms with Crippen molar-refractivity contribution in [1.82, 2.24) is 20.0 Å². The minimum atomic E-state index is -0.842. The first kappa shape index (κ1) is 29.9. The van der Waals surface area contributed by atoms with Gasteiger partial charge >= 0.3 is 0 Å². The summed E-state index contributed by atoms with van der Waals surface area (Å²) in [6.45, 7) is 11.9. The van der Waals surface area contributed by atoms with Crippen LogP contribution >= 0.6 is 0 Å². The van der Waals surface area contributed by atoms with Crippen molar-refractivity contribution in [1.29, 1.82) is 0 Å². The monoisotopic (exact) mass is 577 g/mol. The van der Waals surface area contributed by atoms with Crippen LogP contribution in [0.3, 0.4) is 0 Å². The second-order valence-electron chi connectivity index (χ2n) is 11.4. The molecule has 1 atom stereocenters. The summed E-state index contributed by atoms with van der Waals surface area (Å²) in [5, 5.41) is 12.0. The second-order valence-corrected chi connectivity index (χ2v) is 11.4. The molecule has 8 nitrogen and oxygen atoms in total. The number of aryl methyl sites for hydroxylation is 3. The zero-order chi connectivity index (χ0) is 30.6. The second kappa shape index (κ2) is 12.8. The van der Waals surface area contributed by atoms with Crippen LogP contribution in [0.25, 0.3) is 11.0 Å². The molecule has 1 N–H and O–H groups in total. The number of anilines is 1. The molecule has 0 saturated carbocycles. The summed E-state index contributed by atoms with van der Waals surface area (Å²) in [5.41, 5.74) is 8.02. The fourth-order valence-corrected chi connectivity index (χ4v) is 5.60. The summed E-state index contributed by atoms with van der Waals surface area (Å²) in [6.07, 6.45) is 3.35. The van der Waals surface area contributed by atoms with Gasteiger partial charge in [0.1, 0.15) is 11.3 Å². The molecule has 0 fully saturated rings. The molecule has 5 aromatic rings. The maximum Gasteiger partial charge on any atom is 0.231 e. The summed E-state index contributed by atoms with van der Waals surface area (Å²) in [4.78, 5) is 18.1. The Hall–Kier alpha value is -4.56. The molecule has 0 aliphatic carbocycles. The highest BCUT2D eigenvalue weighted by atomic mass is 16.5. The van der Waals surface area contributed by atoms with Crippen molar-refractivity contribution in [2.24, 2.45) is 5.41 Å². The van der Waals surface area contributed by atoms with Crippen molar-refractivity contribution >= 4 is 22.6 Å². The highest BCUT2D eigenvalue weighted by Crippen LogP contribution is 2.44. The third-order valence-electron chi connectivity index (χ3n) is 8.21. The van der Waals surface area contributed by atoms with Crippen LogP contribution in [-0.4, -0.2) is 33.0 Å². The van der Waals surface area contributed by atoms with Crippen molar-refractivity contribution < 1.29 is 14.3 Å². The van der Waals surface area contributed by atoms with Crippen LogP contribution < -0.4 is 10.1 Å². The SMILES string of the molecule is CCn1nnc2c(C)c(C(c3ccc(C)c(COCc4ccc(OC)cc4)c3)C(C)(C)C(=O)Nc3cccnc3)ccc21. The summed E-state index contributed by atoms with van der Waals surface area (Å²) in [6, 6.07) is 22.2. The van der Waals surface area contributed by atoms with Gasteiger partial charge in [0.2, 0.25) is 5.91 Å². The molecule has 0 aliphatic heterocycles. The quantitative estimate of drug-likeness (QED) is 0.182. The lowest BCUT2D eigenvalue weighted by molar-refractivity contribution is -0.124. The first-order chi connectivity index (χ1) is 20.7. The van der Waals surface area contributed by atoms with Crippen molar-refractivity contribution in [3.05, 3.63) is 113 Å². The van der Waals surface area contributed by atoms with Crippen LogP contribution in [-0.2, 0) is 29.3 Å². The van der Waals surface area contributed by atoms with Gasteiger partial charge < -0.3 is 14.8 Å². The molecule has 2 aromatic heterocycles. The average Bonchev–Trinajstić information content (AvgIpc) is 3.44. The van der Waals surface area contributed by atoms with E-state index in [0.717, 1.165) is 56.7 Å². The molecular weight excluding hydrogens is 538 g/mol. The fourth-order valence-electron chi connectivity index (χ4n) is 5.60. The summed E-state index contributed by atoms with van der Waals surface area (Å²) in [5.74, 6) is 0.445. The number of benzene rings is 3. The van der Waals surface area contributed by atoms with E-state index >= 15 is 0 Å². The largest absolute Gasteiger partial charge is 0.497 e. The highest BCUT2D eigenvalue weighted by Gasteiger charge is 2.40. The molecule has 0 bridgehead atoms. The lowest BCUT2D eigenvalue weighted by Gasteiger charge is -2.35. The van der Waals surface area contributed by atoms with Gasteiger partial charge in [0.05, 0.1) is 43.1 Å². The first-order valence-corrected chi connectivity index (χ1v) is 14.6. The fraction of sp³-hybridized carbons (Fsp3) is 0.314. The molecule has 1 unspecified atom stereocenters. The number of fused-ring (bicyclic) bond motifs is 1. The zero-order valence-corrected chi connectivity index (χ0v) is 25.7.